The van der Waals surface area contributed by atoms with Crippen molar-refractivity contribution in [3.8, 4) is 18.2 Å². The number of unbranched alkanes of at least 4 members (excludes halogenated alkanes) is 4. The number of rotatable bonds is 26. The van der Waals surface area contributed by atoms with Crippen LogP contribution in [0.2, 0.25) is 10.0 Å². The number of amidine groups is 1. The third kappa shape index (κ3) is 18.4. The van der Waals surface area contributed by atoms with E-state index in [4.69, 9.17) is 52.9 Å². The van der Waals surface area contributed by atoms with Gasteiger partial charge in [0.2, 0.25) is 0 Å². The van der Waals surface area contributed by atoms with Crippen molar-refractivity contribution in [2.75, 3.05) is 40.9 Å². The maximum atomic E-state index is 10.7. The fourth-order valence-corrected chi connectivity index (χ4v) is 15.7. The summed E-state index contributed by atoms with van der Waals surface area (Å²) in [6.07, 6.45) is 26.5. The molecule has 0 fully saturated rings. The van der Waals surface area contributed by atoms with Crippen LogP contribution in [0.5, 0.6) is 0 Å². The van der Waals surface area contributed by atoms with Crippen molar-refractivity contribution in [2.24, 2.45) is 9.98 Å². The number of nitriles is 3. The van der Waals surface area contributed by atoms with Gasteiger partial charge in [0.1, 0.15) is 24.9 Å². The Balaban J connectivity index is 1.07. The number of aliphatic imine (C=N–C) groups is 2. The van der Waals surface area contributed by atoms with Crippen LogP contribution in [0.15, 0.2) is 215 Å². The van der Waals surface area contributed by atoms with Crippen LogP contribution in [0, 0.1) is 67.6 Å². The van der Waals surface area contributed by atoms with E-state index < -0.39 is 0 Å². The van der Waals surface area contributed by atoms with Crippen molar-refractivity contribution in [1.82, 2.24) is 0 Å². The smallest absolute Gasteiger partial charge is 0.272 e. The topological polar surface area (TPSA) is 122 Å². The molecule has 12 nitrogen and oxygen atoms in total. The summed E-state index contributed by atoms with van der Waals surface area (Å²) >= 11 is 12.5. The van der Waals surface area contributed by atoms with Gasteiger partial charge in [-0.3, -0.25) is 0 Å². The molecule has 0 saturated carbocycles. The summed E-state index contributed by atoms with van der Waals surface area (Å²) in [7, 11) is 0. The van der Waals surface area contributed by atoms with E-state index in [2.05, 4.69) is 249 Å². The largest absolute Gasteiger partial charge is 0.372 e. The van der Waals surface area contributed by atoms with Crippen LogP contribution in [0.4, 0.5) is 39.8 Å². The molecule has 2 heterocycles. The van der Waals surface area contributed by atoms with Crippen molar-refractivity contribution in [3.63, 3.8) is 0 Å². The summed E-state index contributed by atoms with van der Waals surface area (Å²) in [5, 5.41) is 31.9. The highest BCUT2D eigenvalue weighted by molar-refractivity contribution is 6.34. The Hall–Kier alpha value is -11.4. The summed E-state index contributed by atoms with van der Waals surface area (Å²) in [6.45, 7) is 54.8. The number of aryl methyl sites for hydroxylation is 2. The highest BCUT2D eigenvalue weighted by atomic mass is 35.5. The Morgan fingerprint density at radius 2 is 0.982 bits per heavy atom. The van der Waals surface area contributed by atoms with Gasteiger partial charge in [-0.15, -0.1) is 4.99 Å². The van der Waals surface area contributed by atoms with Crippen molar-refractivity contribution in [2.45, 2.75) is 170 Å². The lowest BCUT2D eigenvalue weighted by Gasteiger charge is -2.47. The number of hydrogen-bond donors (Lipinski definition) is 0. The first-order valence-electron chi connectivity index (χ1n) is 38.2. The fraction of sp³-hybridized carbons (Fsp3) is 0.316. The molecule has 550 valence electrons. The van der Waals surface area contributed by atoms with Gasteiger partial charge >= 0.3 is 0 Å². The molecular formula is C95H97Cl2N12+. The predicted octanol–water partition coefficient (Wildman–Crippen LogP) is 25.7. The van der Waals surface area contributed by atoms with E-state index >= 15 is 0 Å². The minimum atomic E-state index is -0.305. The second-order valence-corrected chi connectivity index (χ2v) is 30.7. The molecule has 0 saturated heterocycles. The maximum absolute atomic E-state index is 10.7. The number of allylic oxidation sites excluding steroid dienone is 12. The summed E-state index contributed by atoms with van der Waals surface area (Å²) in [4.78, 5) is 28.2. The van der Waals surface area contributed by atoms with Gasteiger partial charge in [-0.1, -0.05) is 176 Å². The van der Waals surface area contributed by atoms with E-state index in [1.165, 1.54) is 11.4 Å². The Labute approximate surface area is 657 Å². The highest BCUT2D eigenvalue weighted by Gasteiger charge is 2.40. The lowest BCUT2D eigenvalue weighted by molar-refractivity contribution is -0.527. The third-order valence-corrected chi connectivity index (χ3v) is 21.5. The van der Waals surface area contributed by atoms with Gasteiger partial charge in [0.05, 0.1) is 31.0 Å². The van der Waals surface area contributed by atoms with Crippen LogP contribution in [0.3, 0.4) is 0 Å². The number of anilines is 5. The van der Waals surface area contributed by atoms with Crippen LogP contribution >= 0.6 is 23.2 Å². The molecule has 7 aromatic carbocycles. The van der Waals surface area contributed by atoms with E-state index in [1.807, 2.05) is 26.0 Å². The Morgan fingerprint density at radius 1 is 0.550 bits per heavy atom. The standard InChI is InChI=1S/C95H97Cl2N12/c1-16-20-51-106(52-21-17-2)76-43-31-68(32-44-76)80(70-35-47-78(48-36-70)108-89-55-64(5)84(57-82(89)66(7)59-94(108,9)10)104-88(63-100)91(86(61-98)101-13)72-27-39-74(96)40-28-72)25-24-26-81(69-33-45-77(46-34-69)107(53-22-18-3)54-23-19-4)71-37-49-79(50-38-71)109-90-56-65(6)85(58-83(90)67(8)60-95(109,11)12)105-93(103-15)92(87(62-99)102-14)73-29-41-75(97)42-30-73/h24-50,55-58,66-67H,16-23,51-54,59-60H2,1-12H3/q+1/b91-86-,92-87+,104-88?,105-93?. The Kier molecular flexibility index (Phi) is 26.9. The van der Waals surface area contributed by atoms with Gasteiger partial charge in [-0.25, -0.2) is 29.8 Å². The summed E-state index contributed by atoms with van der Waals surface area (Å²) in [5.74, 6) is 0.231. The Morgan fingerprint density at radius 3 is 1.42 bits per heavy atom. The zero-order valence-electron chi connectivity index (χ0n) is 65.1. The first kappa shape index (κ1) is 80.2. The average molecular weight is 1480 g/mol. The third-order valence-electron chi connectivity index (χ3n) is 21.0. The van der Waals surface area contributed by atoms with Crippen LogP contribution in [-0.2, 0) is 0 Å². The molecule has 3 aliphatic rings. The van der Waals surface area contributed by atoms with Crippen LogP contribution in [0.25, 0.3) is 36.8 Å². The molecule has 2 unspecified atom stereocenters. The maximum Gasteiger partial charge on any atom is 0.272 e. The second-order valence-electron chi connectivity index (χ2n) is 29.9. The molecule has 1 aliphatic carbocycles. The van der Waals surface area contributed by atoms with E-state index in [9.17, 15) is 15.8 Å². The zero-order valence-corrected chi connectivity index (χ0v) is 66.6. The minimum absolute atomic E-state index is 0.0252. The van der Waals surface area contributed by atoms with Crippen LogP contribution < -0.4 is 14.7 Å². The highest BCUT2D eigenvalue weighted by Crippen LogP contribution is 2.52. The van der Waals surface area contributed by atoms with Crippen LogP contribution in [-0.4, -0.2) is 59.1 Å². The average Bonchev–Trinajstić information content (AvgIpc) is 0.746. The molecule has 14 heteroatoms. The number of fused-ring (bicyclic) bond motifs is 2. The van der Waals surface area contributed by atoms with Crippen molar-refractivity contribution in [1.29, 1.82) is 15.8 Å². The quantitative estimate of drug-likeness (QED) is 0.0133. The van der Waals surface area contributed by atoms with Gasteiger partial charge in [-0.05, 0) is 237 Å². The molecule has 2 atom stereocenters. The lowest BCUT2D eigenvalue weighted by atomic mass is 9.79. The van der Waals surface area contributed by atoms with E-state index in [-0.39, 0.29) is 57.0 Å². The van der Waals surface area contributed by atoms with Crippen molar-refractivity contribution in [3.05, 3.63) is 299 Å². The Bertz CT molecular complexity index is 5080. The number of halogens is 2. The molecule has 0 bridgehead atoms. The van der Waals surface area contributed by atoms with Gasteiger partial charge in [-0.2, -0.15) is 5.26 Å². The summed E-state index contributed by atoms with van der Waals surface area (Å²) in [5.41, 5.74) is 18.4. The molecule has 2 aliphatic heterocycles. The van der Waals surface area contributed by atoms with Crippen LogP contribution in [0.1, 0.15) is 195 Å². The number of nitrogens with zero attached hydrogens (tertiary/aromatic N) is 12. The van der Waals surface area contributed by atoms with E-state index in [1.54, 1.807) is 48.5 Å². The number of benzene rings is 7. The summed E-state index contributed by atoms with van der Waals surface area (Å²) in [6, 6.07) is 55.3. The SMILES string of the molecule is [C-]#[N+]C(=Nc1cc2c(cc1C)N(c1ccc(/C(=C/C=C/C(=C3C=CC(=[N+](CCCC)CCCC)C=C3)c3ccc(N4c5cc(C)c(N=C(C#N)/C(=C(/C#N)[N+]#[C-])c6ccc(Cl)cc6)cc5C(C)CC4(C)C)cc3)c3ccc(N(CCCC)CCCC)cc3)cc1)C(C)(C)CC2C)/C(=C(\C#N)[N+]#[C-])c1ccc(Cl)cc1. The van der Waals surface area contributed by atoms with E-state index in [0.717, 1.165) is 169 Å². The first-order chi connectivity index (χ1) is 52.6. The second kappa shape index (κ2) is 36.5. The predicted molar refractivity (Wildman–Crippen MR) is 456 cm³/mol. The van der Waals surface area contributed by atoms with Gasteiger partial charge in [0.25, 0.3) is 17.2 Å². The molecule has 109 heavy (non-hydrogen) atoms. The van der Waals surface area contributed by atoms with Gasteiger partial charge in [0.15, 0.2) is 11.4 Å². The van der Waals surface area contributed by atoms with Crippen molar-refractivity contribution >= 4 is 103 Å². The molecule has 0 N–H and O–H groups in total. The first-order valence-corrected chi connectivity index (χ1v) is 38.9. The normalized spacial score (nSPS) is 16.3. The molecule has 0 radical (unpaired) electrons. The molecule has 0 amide bonds. The molecule has 0 spiro atoms. The summed E-state index contributed by atoms with van der Waals surface area (Å²) < 4.78 is 2.53. The number of hydrogen-bond acceptors (Lipinski definition) is 8. The van der Waals surface area contributed by atoms with Gasteiger partial charge < -0.3 is 19.5 Å². The molecule has 7 aromatic rings. The zero-order chi connectivity index (χ0) is 78.1. The van der Waals surface area contributed by atoms with E-state index in [0.29, 0.717) is 32.5 Å². The fourth-order valence-electron chi connectivity index (χ4n) is 15.5. The minimum Gasteiger partial charge on any atom is -0.372 e. The monoisotopic (exact) mass is 1480 g/mol. The molecule has 10 rings (SSSR count). The molecular weight excluding hydrogens is 1380 g/mol. The van der Waals surface area contributed by atoms with Gasteiger partial charge in [0, 0.05) is 104 Å². The molecule has 0 aromatic heterocycles. The lowest BCUT2D eigenvalue weighted by Crippen LogP contribution is -2.45. The van der Waals surface area contributed by atoms with Crippen molar-refractivity contribution < 1.29 is 4.58 Å².